The van der Waals surface area contributed by atoms with Gasteiger partial charge in [-0.05, 0) is 34.5 Å². The Balaban J connectivity index is 1.90. The van der Waals surface area contributed by atoms with Crippen LogP contribution in [-0.2, 0) is 0 Å². The van der Waals surface area contributed by atoms with Gasteiger partial charge in [0.25, 0.3) is 0 Å². The number of para-hydroxylation sites is 1. The van der Waals surface area contributed by atoms with Crippen LogP contribution in [0.25, 0.3) is 5.69 Å². The van der Waals surface area contributed by atoms with Crippen LogP contribution < -0.4 is 5.73 Å². The smallest absolute Gasteiger partial charge is 0.0645 e. The van der Waals surface area contributed by atoms with Gasteiger partial charge in [-0.25, -0.2) is 4.68 Å². The van der Waals surface area contributed by atoms with Gasteiger partial charge >= 0.3 is 0 Å². The second-order valence-corrected chi connectivity index (χ2v) is 4.87. The highest BCUT2D eigenvalue weighted by Gasteiger charge is 2.11. The van der Waals surface area contributed by atoms with Gasteiger partial charge in [0, 0.05) is 11.8 Å². The lowest BCUT2D eigenvalue weighted by molar-refractivity contribution is 0.865. The third-order valence-electron chi connectivity index (χ3n) is 2.88. The molecule has 1 atom stereocenters. The molecule has 0 spiro atoms. The van der Waals surface area contributed by atoms with Crippen molar-refractivity contribution in [1.82, 2.24) is 9.78 Å². The van der Waals surface area contributed by atoms with E-state index < -0.39 is 0 Å². The second-order valence-electron chi connectivity index (χ2n) is 4.09. The molecule has 2 aromatic heterocycles. The van der Waals surface area contributed by atoms with Gasteiger partial charge in [-0.2, -0.15) is 16.4 Å². The lowest BCUT2D eigenvalue weighted by atomic mass is 10.1. The van der Waals surface area contributed by atoms with E-state index in [1.807, 2.05) is 52.8 Å². The molecule has 0 fully saturated rings. The summed E-state index contributed by atoms with van der Waals surface area (Å²) in [6.07, 6.45) is 3.81. The lowest BCUT2D eigenvalue weighted by Crippen LogP contribution is -2.09. The molecule has 0 radical (unpaired) electrons. The maximum atomic E-state index is 6.21. The molecule has 2 heterocycles. The minimum atomic E-state index is -0.103. The molecule has 0 bridgehead atoms. The van der Waals surface area contributed by atoms with Crippen LogP contribution in [0.4, 0.5) is 0 Å². The molecule has 18 heavy (non-hydrogen) atoms. The third kappa shape index (κ3) is 2.08. The number of nitrogens with two attached hydrogens (primary N) is 1. The molecule has 3 rings (SSSR count). The number of aromatic nitrogens is 2. The summed E-state index contributed by atoms with van der Waals surface area (Å²) in [6, 6.07) is 12.0. The Morgan fingerprint density at radius 3 is 2.67 bits per heavy atom. The molecule has 0 saturated carbocycles. The summed E-state index contributed by atoms with van der Waals surface area (Å²) in [5, 5.41) is 8.47. The van der Waals surface area contributed by atoms with Crippen LogP contribution in [0.3, 0.4) is 0 Å². The highest BCUT2D eigenvalue weighted by molar-refractivity contribution is 7.08. The van der Waals surface area contributed by atoms with E-state index in [-0.39, 0.29) is 6.04 Å². The molecule has 0 amide bonds. The quantitative estimate of drug-likeness (QED) is 0.782. The van der Waals surface area contributed by atoms with Crippen LogP contribution in [0.5, 0.6) is 0 Å². The Labute approximate surface area is 109 Å². The van der Waals surface area contributed by atoms with Gasteiger partial charge in [0.2, 0.25) is 0 Å². The molecular formula is C14H13N3S. The molecule has 0 aliphatic rings. The van der Waals surface area contributed by atoms with Crippen molar-refractivity contribution in [2.75, 3.05) is 0 Å². The topological polar surface area (TPSA) is 43.8 Å². The van der Waals surface area contributed by atoms with E-state index in [0.717, 1.165) is 16.8 Å². The molecule has 0 saturated heterocycles. The fourth-order valence-corrected chi connectivity index (χ4v) is 2.56. The molecule has 2 N–H and O–H groups in total. The molecule has 90 valence electrons. The summed E-state index contributed by atoms with van der Waals surface area (Å²) in [5.74, 6) is 0. The van der Waals surface area contributed by atoms with Gasteiger partial charge in [0.1, 0.15) is 0 Å². The fraction of sp³-hybridized carbons (Fsp3) is 0.0714. The van der Waals surface area contributed by atoms with Crippen LogP contribution in [0, 0.1) is 0 Å². The van der Waals surface area contributed by atoms with E-state index in [0.29, 0.717) is 0 Å². The zero-order chi connectivity index (χ0) is 12.4. The summed E-state index contributed by atoms with van der Waals surface area (Å²) < 4.78 is 1.85. The van der Waals surface area contributed by atoms with Crippen molar-refractivity contribution >= 4 is 11.3 Å². The van der Waals surface area contributed by atoms with Crippen molar-refractivity contribution in [3.8, 4) is 5.69 Å². The van der Waals surface area contributed by atoms with E-state index in [9.17, 15) is 0 Å². The first-order chi connectivity index (χ1) is 8.84. The minimum Gasteiger partial charge on any atom is -0.320 e. The maximum absolute atomic E-state index is 6.21. The predicted molar refractivity (Wildman–Crippen MR) is 73.9 cm³/mol. The third-order valence-corrected chi connectivity index (χ3v) is 3.59. The monoisotopic (exact) mass is 255 g/mol. The predicted octanol–water partition coefficient (Wildman–Crippen LogP) is 2.98. The van der Waals surface area contributed by atoms with Gasteiger partial charge in [-0.3, -0.25) is 0 Å². The van der Waals surface area contributed by atoms with Crippen LogP contribution in [0.15, 0.2) is 59.6 Å². The first-order valence-corrected chi connectivity index (χ1v) is 6.66. The number of benzene rings is 1. The summed E-state index contributed by atoms with van der Waals surface area (Å²) in [7, 11) is 0. The molecule has 4 heteroatoms. The first-order valence-electron chi connectivity index (χ1n) is 5.72. The number of thiophene rings is 1. The molecule has 1 unspecified atom stereocenters. The largest absolute Gasteiger partial charge is 0.320 e. The Bertz CT molecular complexity index is 614. The second kappa shape index (κ2) is 4.76. The van der Waals surface area contributed by atoms with E-state index >= 15 is 0 Å². The number of hydrogen-bond acceptors (Lipinski definition) is 3. The summed E-state index contributed by atoms with van der Waals surface area (Å²) in [4.78, 5) is 0. The average molecular weight is 255 g/mol. The Morgan fingerprint density at radius 1 is 1.11 bits per heavy atom. The van der Waals surface area contributed by atoms with Crippen molar-refractivity contribution < 1.29 is 0 Å². The molecule has 0 aliphatic carbocycles. The van der Waals surface area contributed by atoms with Crippen molar-refractivity contribution in [1.29, 1.82) is 0 Å². The van der Waals surface area contributed by atoms with E-state index in [1.54, 1.807) is 11.3 Å². The van der Waals surface area contributed by atoms with Crippen LogP contribution >= 0.6 is 11.3 Å². The Hall–Kier alpha value is -1.91. The molecule has 1 aromatic carbocycles. The van der Waals surface area contributed by atoms with Gasteiger partial charge in [0.15, 0.2) is 0 Å². The summed E-state index contributed by atoms with van der Waals surface area (Å²) in [5.41, 5.74) is 9.41. The highest BCUT2D eigenvalue weighted by atomic mass is 32.1. The zero-order valence-electron chi connectivity index (χ0n) is 9.73. The van der Waals surface area contributed by atoms with E-state index in [2.05, 4.69) is 16.5 Å². The maximum Gasteiger partial charge on any atom is 0.0645 e. The van der Waals surface area contributed by atoms with Gasteiger partial charge in [0.05, 0.1) is 17.9 Å². The lowest BCUT2D eigenvalue weighted by Gasteiger charge is -2.06. The zero-order valence-corrected chi connectivity index (χ0v) is 10.5. The minimum absolute atomic E-state index is 0.103. The van der Waals surface area contributed by atoms with Gasteiger partial charge in [-0.1, -0.05) is 18.2 Å². The van der Waals surface area contributed by atoms with Crippen LogP contribution in [0.1, 0.15) is 17.2 Å². The Kier molecular flexibility index (Phi) is 2.96. The standard InChI is InChI=1S/C14H13N3S/c15-14(11-6-7-18-10-11)12-8-16-17(9-12)13-4-2-1-3-5-13/h1-10,14H,15H2. The molecule has 3 nitrogen and oxygen atoms in total. The van der Waals surface area contributed by atoms with E-state index in [4.69, 9.17) is 5.73 Å². The summed E-state index contributed by atoms with van der Waals surface area (Å²) in [6.45, 7) is 0. The highest BCUT2D eigenvalue weighted by Crippen LogP contribution is 2.21. The van der Waals surface area contributed by atoms with Gasteiger partial charge < -0.3 is 5.73 Å². The average Bonchev–Trinajstić information content (AvgIpc) is 3.10. The van der Waals surface area contributed by atoms with Gasteiger partial charge in [-0.15, -0.1) is 0 Å². The first kappa shape index (κ1) is 11.2. The van der Waals surface area contributed by atoms with Crippen molar-refractivity contribution in [2.45, 2.75) is 6.04 Å². The molecule has 0 aliphatic heterocycles. The normalized spacial score (nSPS) is 12.5. The number of hydrogen-bond donors (Lipinski definition) is 1. The number of nitrogens with zero attached hydrogens (tertiary/aromatic N) is 2. The number of rotatable bonds is 3. The summed E-state index contributed by atoms with van der Waals surface area (Å²) >= 11 is 1.66. The molecular weight excluding hydrogens is 242 g/mol. The van der Waals surface area contributed by atoms with Crippen molar-refractivity contribution in [3.05, 3.63) is 70.7 Å². The Morgan fingerprint density at radius 2 is 1.94 bits per heavy atom. The van der Waals surface area contributed by atoms with Crippen molar-refractivity contribution in [3.63, 3.8) is 0 Å². The molecule has 3 aromatic rings. The van der Waals surface area contributed by atoms with Crippen LogP contribution in [-0.4, -0.2) is 9.78 Å². The fourth-order valence-electron chi connectivity index (χ4n) is 1.86. The van der Waals surface area contributed by atoms with Crippen LogP contribution in [0.2, 0.25) is 0 Å². The SMILES string of the molecule is NC(c1ccsc1)c1cnn(-c2ccccc2)c1. The van der Waals surface area contributed by atoms with Crippen molar-refractivity contribution in [2.24, 2.45) is 5.73 Å². The van der Waals surface area contributed by atoms with E-state index in [1.165, 1.54) is 0 Å².